The number of alkyl halides is 3. The van der Waals surface area contributed by atoms with E-state index in [0.717, 1.165) is 19.6 Å². The minimum absolute atomic E-state index is 0.105. The Balaban J connectivity index is 2.19. The number of aromatic nitrogens is 1. The molecule has 2 heterocycles. The first-order chi connectivity index (χ1) is 7.69. The lowest BCUT2D eigenvalue weighted by Crippen LogP contribution is -2.34. The molecule has 6 heteroatoms. The first-order valence-corrected chi connectivity index (χ1v) is 5.28. The fourth-order valence-corrected chi connectivity index (χ4v) is 1.60. The van der Waals surface area contributed by atoms with Gasteiger partial charge in [-0.2, -0.15) is 13.2 Å². The van der Waals surface area contributed by atoms with Crippen LogP contribution in [0.5, 0.6) is 0 Å². The predicted octanol–water partition coefficient (Wildman–Crippen LogP) is 3.45. The number of oxazole rings is 1. The Morgan fingerprint density at radius 2 is 1.94 bits per heavy atom. The van der Waals surface area contributed by atoms with Gasteiger partial charge in [-0.25, -0.2) is 9.98 Å². The molecule has 1 aromatic heterocycles. The normalized spacial score (nSPS) is 16.0. The van der Waals surface area contributed by atoms with Gasteiger partial charge in [0.25, 0.3) is 0 Å². The first-order valence-electron chi connectivity index (χ1n) is 5.28. The zero-order valence-electron chi connectivity index (χ0n) is 9.85. The minimum atomic E-state index is -4.27. The van der Waals surface area contributed by atoms with Gasteiger partial charge in [-0.05, 0) is 6.92 Å². The molecule has 0 saturated heterocycles. The number of nitrogens with zero attached hydrogens (tertiary/aromatic N) is 2. The number of hydrogen-bond donors (Lipinski definition) is 0. The van der Waals surface area contributed by atoms with Crippen LogP contribution < -0.4 is 0 Å². The van der Waals surface area contributed by atoms with Gasteiger partial charge in [0.15, 0.2) is 5.89 Å². The molecule has 0 radical (unpaired) electrons. The molecule has 0 aliphatic carbocycles. The van der Waals surface area contributed by atoms with E-state index in [1.165, 1.54) is 0 Å². The molecule has 0 amide bonds. The highest BCUT2D eigenvalue weighted by Crippen LogP contribution is 2.41. The maximum Gasteiger partial charge on any atom is 0.394 e. The Morgan fingerprint density at radius 1 is 1.29 bits per heavy atom. The molecule has 3 nitrogen and oxygen atoms in total. The third-order valence-corrected chi connectivity index (χ3v) is 2.80. The summed E-state index contributed by atoms with van der Waals surface area (Å²) >= 11 is 0. The fraction of sp³-hybridized carbons (Fsp3) is 0.636. The maximum atomic E-state index is 12.7. The van der Waals surface area contributed by atoms with E-state index >= 15 is 0 Å². The van der Waals surface area contributed by atoms with Crippen molar-refractivity contribution in [1.29, 1.82) is 0 Å². The van der Waals surface area contributed by atoms with Crippen molar-refractivity contribution in [1.82, 2.24) is 4.98 Å². The number of hydrogen-bond acceptors (Lipinski definition) is 3. The molecule has 1 aromatic rings. The van der Waals surface area contributed by atoms with Crippen molar-refractivity contribution in [3.63, 3.8) is 0 Å². The summed E-state index contributed by atoms with van der Waals surface area (Å²) in [5.74, 6) is 0.462. The third kappa shape index (κ3) is 2.21. The van der Waals surface area contributed by atoms with Crippen LogP contribution in [0.3, 0.4) is 0 Å². The average Bonchev–Trinajstić information content (AvgIpc) is 2.57. The number of halogens is 3. The van der Waals surface area contributed by atoms with Gasteiger partial charge in [0, 0.05) is 18.6 Å². The van der Waals surface area contributed by atoms with Crippen molar-refractivity contribution in [2.75, 3.05) is 0 Å². The highest BCUT2D eigenvalue weighted by Gasteiger charge is 2.48. The standard InChI is InChI=1S/C11H13F3N2O/c1-6-4-7-9(15-6)17-8(16-7)5-10(2,3)11(12,13)14/h4-5H2,1-3H3. The van der Waals surface area contributed by atoms with Gasteiger partial charge in [-0.1, -0.05) is 13.8 Å². The van der Waals surface area contributed by atoms with Crippen LogP contribution in [0.2, 0.25) is 0 Å². The van der Waals surface area contributed by atoms with Crippen molar-refractivity contribution < 1.29 is 17.6 Å². The average molecular weight is 246 g/mol. The molecule has 0 bridgehead atoms. The summed E-state index contributed by atoms with van der Waals surface area (Å²) in [4.78, 5) is 8.13. The van der Waals surface area contributed by atoms with E-state index < -0.39 is 11.6 Å². The topological polar surface area (TPSA) is 38.4 Å². The Labute approximate surface area is 96.8 Å². The van der Waals surface area contributed by atoms with Crippen LogP contribution in [0.1, 0.15) is 32.4 Å². The van der Waals surface area contributed by atoms with Crippen molar-refractivity contribution in [3.05, 3.63) is 11.6 Å². The van der Waals surface area contributed by atoms with Gasteiger partial charge in [-0.15, -0.1) is 0 Å². The highest BCUT2D eigenvalue weighted by molar-refractivity contribution is 5.90. The van der Waals surface area contributed by atoms with Crippen LogP contribution in [0, 0.1) is 5.41 Å². The zero-order valence-corrected chi connectivity index (χ0v) is 9.85. The fourth-order valence-electron chi connectivity index (χ4n) is 1.60. The van der Waals surface area contributed by atoms with E-state index in [0.29, 0.717) is 18.0 Å². The second-order valence-electron chi connectivity index (χ2n) is 4.94. The summed E-state index contributed by atoms with van der Waals surface area (Å²) in [5, 5.41) is 0. The summed E-state index contributed by atoms with van der Waals surface area (Å²) in [6, 6.07) is 0. The molecule has 0 spiro atoms. The lowest BCUT2D eigenvalue weighted by molar-refractivity contribution is -0.212. The zero-order chi connectivity index (χ0) is 12.8. The van der Waals surface area contributed by atoms with Gasteiger partial charge in [-0.3, -0.25) is 0 Å². The second kappa shape index (κ2) is 3.58. The molecule has 0 N–H and O–H groups in total. The van der Waals surface area contributed by atoms with Crippen LogP contribution in [0.25, 0.3) is 0 Å². The van der Waals surface area contributed by atoms with E-state index in [9.17, 15) is 13.2 Å². The molecule has 1 aliphatic heterocycles. The predicted molar refractivity (Wildman–Crippen MR) is 56.5 cm³/mol. The van der Waals surface area contributed by atoms with Crippen LogP contribution in [-0.4, -0.2) is 16.9 Å². The van der Waals surface area contributed by atoms with E-state index in [2.05, 4.69) is 9.98 Å². The Morgan fingerprint density at radius 3 is 2.47 bits per heavy atom. The lowest BCUT2D eigenvalue weighted by atomic mass is 9.88. The van der Waals surface area contributed by atoms with E-state index in [1.54, 1.807) is 0 Å². The Kier molecular flexibility index (Phi) is 2.56. The smallest absolute Gasteiger partial charge is 0.394 e. The quantitative estimate of drug-likeness (QED) is 0.801. The van der Waals surface area contributed by atoms with Gasteiger partial charge < -0.3 is 4.42 Å². The molecule has 2 rings (SSSR count). The van der Waals surface area contributed by atoms with Crippen LogP contribution >= 0.6 is 0 Å². The SMILES string of the molecule is CC1=Nc2oc(CC(C)(C)C(F)(F)F)nc2C1. The Hall–Kier alpha value is -1.33. The summed E-state index contributed by atoms with van der Waals surface area (Å²) < 4.78 is 43.3. The molecule has 94 valence electrons. The molecular formula is C11H13F3N2O. The molecule has 0 fully saturated rings. The summed E-state index contributed by atoms with van der Waals surface area (Å²) in [7, 11) is 0. The summed E-state index contributed by atoms with van der Waals surface area (Å²) in [5.41, 5.74) is -0.340. The van der Waals surface area contributed by atoms with Gasteiger partial charge in [0.2, 0.25) is 5.88 Å². The van der Waals surface area contributed by atoms with Crippen LogP contribution in [-0.2, 0) is 12.8 Å². The first kappa shape index (κ1) is 12.1. The van der Waals surface area contributed by atoms with Gasteiger partial charge >= 0.3 is 6.18 Å². The van der Waals surface area contributed by atoms with Gasteiger partial charge in [0.05, 0.1) is 5.41 Å². The third-order valence-electron chi connectivity index (χ3n) is 2.80. The molecule has 0 unspecified atom stereocenters. The molecule has 0 atom stereocenters. The van der Waals surface area contributed by atoms with Crippen LogP contribution in [0.15, 0.2) is 9.41 Å². The summed E-state index contributed by atoms with van der Waals surface area (Å²) in [6.45, 7) is 4.10. The highest BCUT2D eigenvalue weighted by atomic mass is 19.4. The molecule has 0 aromatic carbocycles. The van der Waals surface area contributed by atoms with Crippen molar-refractivity contribution in [3.8, 4) is 0 Å². The van der Waals surface area contributed by atoms with E-state index in [-0.39, 0.29) is 12.3 Å². The molecule has 17 heavy (non-hydrogen) atoms. The van der Waals surface area contributed by atoms with Crippen molar-refractivity contribution in [2.24, 2.45) is 10.4 Å². The minimum Gasteiger partial charge on any atom is -0.423 e. The Bertz CT molecular complexity index is 472. The van der Waals surface area contributed by atoms with E-state index in [4.69, 9.17) is 4.42 Å². The van der Waals surface area contributed by atoms with Crippen LogP contribution in [0.4, 0.5) is 19.1 Å². The number of fused-ring (bicyclic) bond motifs is 1. The molecule has 1 aliphatic rings. The monoisotopic (exact) mass is 246 g/mol. The largest absolute Gasteiger partial charge is 0.423 e. The van der Waals surface area contributed by atoms with Crippen molar-refractivity contribution >= 4 is 11.6 Å². The molecule has 0 saturated carbocycles. The number of rotatable bonds is 2. The second-order valence-corrected chi connectivity index (χ2v) is 4.94. The van der Waals surface area contributed by atoms with Gasteiger partial charge in [0.1, 0.15) is 5.69 Å². The summed E-state index contributed by atoms with van der Waals surface area (Å²) in [6.07, 6.45) is -3.98. The molecular weight excluding hydrogens is 233 g/mol. The van der Waals surface area contributed by atoms with Crippen molar-refractivity contribution in [2.45, 2.75) is 39.8 Å². The maximum absolute atomic E-state index is 12.7. The lowest BCUT2D eigenvalue weighted by Gasteiger charge is -2.25. The number of aliphatic imine (C=N–C) groups is 1. The van der Waals surface area contributed by atoms with E-state index in [1.807, 2.05) is 6.92 Å².